The Balaban J connectivity index is 2.73. The van der Waals surface area contributed by atoms with Crippen molar-refractivity contribution >= 4 is 18.0 Å². The lowest BCUT2D eigenvalue weighted by Crippen LogP contribution is -2.19. The van der Waals surface area contributed by atoms with E-state index in [0.717, 1.165) is 0 Å². The molecule has 0 bridgehead atoms. The minimum atomic E-state index is -1.02. The predicted molar refractivity (Wildman–Crippen MR) is 58.9 cm³/mol. The fourth-order valence-electron chi connectivity index (χ4n) is 1.10. The standard InChI is InChI=1S/C11H12N2O3/c1-8(14)12-6-3-5-10-9(11(15)16)4-2-7-13-10/h2-5,7H,6H2,1H3,(H,12,14)(H,15,16). The molecule has 0 spiro atoms. The van der Waals surface area contributed by atoms with Gasteiger partial charge >= 0.3 is 5.97 Å². The van der Waals surface area contributed by atoms with Crippen LogP contribution in [0.15, 0.2) is 24.4 Å². The van der Waals surface area contributed by atoms with Gasteiger partial charge in [-0.2, -0.15) is 0 Å². The van der Waals surface area contributed by atoms with E-state index in [2.05, 4.69) is 10.3 Å². The van der Waals surface area contributed by atoms with Crippen molar-refractivity contribution in [2.24, 2.45) is 0 Å². The van der Waals surface area contributed by atoms with Crippen molar-refractivity contribution in [3.8, 4) is 0 Å². The lowest BCUT2D eigenvalue weighted by Gasteiger charge is -1.99. The van der Waals surface area contributed by atoms with Crippen molar-refractivity contribution in [3.63, 3.8) is 0 Å². The number of hydrogen-bond acceptors (Lipinski definition) is 3. The van der Waals surface area contributed by atoms with Gasteiger partial charge in [0, 0.05) is 19.7 Å². The Hall–Kier alpha value is -2.17. The van der Waals surface area contributed by atoms with E-state index in [1.165, 1.54) is 19.2 Å². The third-order valence-electron chi connectivity index (χ3n) is 1.81. The minimum absolute atomic E-state index is 0.135. The van der Waals surface area contributed by atoms with Gasteiger partial charge in [-0.15, -0.1) is 0 Å². The van der Waals surface area contributed by atoms with Crippen LogP contribution < -0.4 is 5.32 Å². The van der Waals surface area contributed by atoms with Crippen LogP contribution in [-0.2, 0) is 4.79 Å². The first kappa shape index (κ1) is 11.9. The minimum Gasteiger partial charge on any atom is -0.478 e. The molecule has 84 valence electrons. The van der Waals surface area contributed by atoms with E-state index in [1.807, 2.05) is 0 Å². The molecule has 0 unspecified atom stereocenters. The quantitative estimate of drug-likeness (QED) is 0.791. The zero-order chi connectivity index (χ0) is 12.0. The van der Waals surface area contributed by atoms with Crippen LogP contribution in [0.5, 0.6) is 0 Å². The number of carboxylic acid groups (broad SMARTS) is 1. The fourth-order valence-corrected chi connectivity index (χ4v) is 1.10. The van der Waals surface area contributed by atoms with Crippen molar-refractivity contribution in [1.29, 1.82) is 0 Å². The average Bonchev–Trinajstić information content (AvgIpc) is 2.24. The molecule has 0 saturated carbocycles. The molecule has 1 aromatic rings. The molecule has 1 amide bonds. The number of amides is 1. The van der Waals surface area contributed by atoms with Gasteiger partial charge in [-0.05, 0) is 18.2 Å². The van der Waals surface area contributed by atoms with Gasteiger partial charge in [0.25, 0.3) is 0 Å². The molecule has 0 fully saturated rings. The Labute approximate surface area is 92.8 Å². The molecule has 0 aliphatic rings. The maximum Gasteiger partial charge on any atom is 0.337 e. The van der Waals surface area contributed by atoms with Gasteiger partial charge in [-0.3, -0.25) is 9.78 Å². The zero-order valence-electron chi connectivity index (χ0n) is 8.80. The van der Waals surface area contributed by atoms with Crippen LogP contribution in [0.2, 0.25) is 0 Å². The van der Waals surface area contributed by atoms with Crippen LogP contribution in [-0.4, -0.2) is 28.5 Å². The van der Waals surface area contributed by atoms with Crippen LogP contribution in [0.1, 0.15) is 23.0 Å². The van der Waals surface area contributed by atoms with Gasteiger partial charge in [0.2, 0.25) is 5.91 Å². The molecule has 16 heavy (non-hydrogen) atoms. The van der Waals surface area contributed by atoms with Crippen LogP contribution in [0.3, 0.4) is 0 Å². The smallest absolute Gasteiger partial charge is 0.337 e. The summed E-state index contributed by atoms with van der Waals surface area (Å²) >= 11 is 0. The summed E-state index contributed by atoms with van der Waals surface area (Å²) in [6.45, 7) is 1.77. The molecule has 1 aromatic heterocycles. The lowest BCUT2D eigenvalue weighted by molar-refractivity contribution is -0.118. The molecule has 0 radical (unpaired) electrons. The first-order valence-corrected chi connectivity index (χ1v) is 4.70. The number of carbonyl (C=O) groups excluding carboxylic acids is 1. The largest absolute Gasteiger partial charge is 0.478 e. The third kappa shape index (κ3) is 3.53. The number of carboxylic acids is 1. The normalized spacial score (nSPS) is 10.3. The third-order valence-corrected chi connectivity index (χ3v) is 1.81. The van der Waals surface area contributed by atoms with E-state index in [0.29, 0.717) is 12.2 Å². The summed E-state index contributed by atoms with van der Waals surface area (Å²) in [5.41, 5.74) is 0.516. The van der Waals surface area contributed by atoms with Crippen LogP contribution in [0.4, 0.5) is 0 Å². The van der Waals surface area contributed by atoms with Crippen LogP contribution in [0, 0.1) is 0 Å². The SMILES string of the molecule is CC(=O)NCC=Cc1ncccc1C(=O)O. The number of rotatable bonds is 4. The molecule has 1 rings (SSSR count). The summed E-state index contributed by atoms with van der Waals surface area (Å²) in [4.78, 5) is 25.3. The molecular formula is C11H12N2O3. The topological polar surface area (TPSA) is 79.3 Å². The van der Waals surface area contributed by atoms with Crippen molar-refractivity contribution in [2.75, 3.05) is 6.54 Å². The Morgan fingerprint density at radius 2 is 2.31 bits per heavy atom. The Bertz CT molecular complexity index is 427. The molecular weight excluding hydrogens is 208 g/mol. The Morgan fingerprint density at radius 1 is 1.56 bits per heavy atom. The van der Waals surface area contributed by atoms with Gasteiger partial charge in [0.05, 0.1) is 11.3 Å². The zero-order valence-corrected chi connectivity index (χ0v) is 8.80. The molecule has 2 N–H and O–H groups in total. The molecule has 5 heteroatoms. The van der Waals surface area contributed by atoms with Gasteiger partial charge < -0.3 is 10.4 Å². The highest BCUT2D eigenvalue weighted by Crippen LogP contribution is 2.06. The highest BCUT2D eigenvalue weighted by Gasteiger charge is 2.06. The fraction of sp³-hybridized carbons (Fsp3) is 0.182. The van der Waals surface area contributed by atoms with Crippen LogP contribution in [0.25, 0.3) is 6.08 Å². The second-order valence-electron chi connectivity index (χ2n) is 3.08. The van der Waals surface area contributed by atoms with Crippen molar-refractivity contribution < 1.29 is 14.7 Å². The van der Waals surface area contributed by atoms with E-state index >= 15 is 0 Å². The van der Waals surface area contributed by atoms with E-state index in [1.54, 1.807) is 18.2 Å². The first-order chi connectivity index (χ1) is 7.61. The van der Waals surface area contributed by atoms with E-state index in [4.69, 9.17) is 5.11 Å². The van der Waals surface area contributed by atoms with Crippen molar-refractivity contribution in [3.05, 3.63) is 35.7 Å². The monoisotopic (exact) mass is 220 g/mol. The van der Waals surface area contributed by atoms with E-state index in [9.17, 15) is 9.59 Å². The first-order valence-electron chi connectivity index (χ1n) is 4.70. The molecule has 1 heterocycles. The summed E-state index contributed by atoms with van der Waals surface area (Å²) in [7, 11) is 0. The van der Waals surface area contributed by atoms with Crippen molar-refractivity contribution in [1.82, 2.24) is 10.3 Å². The predicted octanol–water partition coefficient (Wildman–Crippen LogP) is 0.929. The number of hydrogen-bond donors (Lipinski definition) is 2. The Kier molecular flexibility index (Phi) is 4.20. The second-order valence-corrected chi connectivity index (χ2v) is 3.08. The number of nitrogens with one attached hydrogen (secondary N) is 1. The van der Waals surface area contributed by atoms with Gasteiger partial charge in [-0.25, -0.2) is 4.79 Å². The maximum atomic E-state index is 10.8. The molecule has 0 aliphatic carbocycles. The molecule has 0 atom stereocenters. The van der Waals surface area contributed by atoms with E-state index < -0.39 is 5.97 Å². The van der Waals surface area contributed by atoms with E-state index in [-0.39, 0.29) is 11.5 Å². The number of carbonyl (C=O) groups is 2. The number of aromatic carboxylic acids is 1. The summed E-state index contributed by atoms with van der Waals surface area (Å²) in [6.07, 6.45) is 4.74. The Morgan fingerprint density at radius 3 is 2.94 bits per heavy atom. The number of pyridine rings is 1. The number of nitrogens with zero attached hydrogens (tertiary/aromatic N) is 1. The summed E-state index contributed by atoms with van der Waals surface area (Å²) in [5, 5.41) is 11.4. The lowest BCUT2D eigenvalue weighted by atomic mass is 10.2. The second kappa shape index (κ2) is 5.65. The molecule has 5 nitrogen and oxygen atoms in total. The molecule has 0 aromatic carbocycles. The van der Waals surface area contributed by atoms with Crippen molar-refractivity contribution in [2.45, 2.75) is 6.92 Å². The summed E-state index contributed by atoms with van der Waals surface area (Å²) in [5.74, 6) is -1.16. The van der Waals surface area contributed by atoms with Gasteiger partial charge in [-0.1, -0.05) is 6.08 Å². The number of aromatic nitrogens is 1. The van der Waals surface area contributed by atoms with Gasteiger partial charge in [0.1, 0.15) is 0 Å². The molecule has 0 aliphatic heterocycles. The van der Waals surface area contributed by atoms with Gasteiger partial charge in [0.15, 0.2) is 0 Å². The highest BCUT2D eigenvalue weighted by molar-refractivity contribution is 5.91. The van der Waals surface area contributed by atoms with Crippen LogP contribution >= 0.6 is 0 Å². The molecule has 0 saturated heterocycles. The summed E-state index contributed by atoms with van der Waals surface area (Å²) < 4.78 is 0. The average molecular weight is 220 g/mol. The summed E-state index contributed by atoms with van der Waals surface area (Å²) in [6, 6.07) is 3.04. The maximum absolute atomic E-state index is 10.8. The highest BCUT2D eigenvalue weighted by atomic mass is 16.4.